The van der Waals surface area contributed by atoms with Crippen molar-refractivity contribution in [3.05, 3.63) is 29.3 Å². The van der Waals surface area contributed by atoms with E-state index in [1.54, 1.807) is 0 Å². The summed E-state index contributed by atoms with van der Waals surface area (Å²) in [6.07, 6.45) is -1.58. The van der Waals surface area contributed by atoms with Crippen molar-refractivity contribution in [2.45, 2.75) is 45.8 Å². The normalized spacial score (nSPS) is 11.6. The summed E-state index contributed by atoms with van der Waals surface area (Å²) in [5, 5.41) is 2.80. The summed E-state index contributed by atoms with van der Waals surface area (Å²) in [5.74, 6) is -1.94. The molecule has 0 aliphatic carbocycles. The number of esters is 1. The van der Waals surface area contributed by atoms with Gasteiger partial charge >= 0.3 is 5.97 Å². The second-order valence-electron chi connectivity index (χ2n) is 6.75. The quantitative estimate of drug-likeness (QED) is 0.239. The third-order valence-corrected chi connectivity index (χ3v) is 3.75. The number of nitrogens with one attached hydrogen (secondary N) is 1. The molecule has 0 saturated heterocycles. The number of nitrogens with two attached hydrogens (primary N) is 4. The highest BCUT2D eigenvalue weighted by atomic mass is 16.6. The van der Waals surface area contributed by atoms with Gasteiger partial charge in [0.05, 0.1) is 0 Å². The van der Waals surface area contributed by atoms with Gasteiger partial charge in [-0.2, -0.15) is 0 Å². The van der Waals surface area contributed by atoms with Crippen LogP contribution in [0.25, 0.3) is 0 Å². The molecule has 154 valence electrons. The zero-order chi connectivity index (χ0) is 21.4. The van der Waals surface area contributed by atoms with Crippen LogP contribution in [0.15, 0.2) is 28.2 Å². The van der Waals surface area contributed by atoms with Crippen molar-refractivity contribution in [1.82, 2.24) is 0 Å². The van der Waals surface area contributed by atoms with Gasteiger partial charge in [0.25, 0.3) is 12.1 Å². The number of amides is 1. The van der Waals surface area contributed by atoms with E-state index in [1.165, 1.54) is 0 Å². The molecule has 0 aromatic heterocycles. The summed E-state index contributed by atoms with van der Waals surface area (Å²) in [7, 11) is 0. The van der Waals surface area contributed by atoms with Gasteiger partial charge in [0.1, 0.15) is 6.54 Å². The molecule has 1 aromatic rings. The molecule has 0 fully saturated rings. The van der Waals surface area contributed by atoms with Gasteiger partial charge in [-0.15, -0.1) is 0 Å². The van der Waals surface area contributed by atoms with Crippen LogP contribution in [0, 0.1) is 0 Å². The van der Waals surface area contributed by atoms with E-state index in [9.17, 15) is 9.59 Å². The summed E-state index contributed by atoms with van der Waals surface area (Å²) in [4.78, 5) is 31.9. The minimum absolute atomic E-state index is 0.153. The molecule has 28 heavy (non-hydrogen) atoms. The lowest BCUT2D eigenvalue weighted by molar-refractivity contribution is -0.152. The van der Waals surface area contributed by atoms with Gasteiger partial charge in [0.2, 0.25) is 0 Å². The number of rotatable bonds is 8. The Morgan fingerprint density at radius 2 is 1.54 bits per heavy atom. The van der Waals surface area contributed by atoms with Gasteiger partial charge in [0.15, 0.2) is 11.9 Å². The van der Waals surface area contributed by atoms with Gasteiger partial charge in [-0.25, -0.2) is 14.8 Å². The lowest BCUT2D eigenvalue weighted by Gasteiger charge is -2.21. The first-order chi connectivity index (χ1) is 13.0. The molecule has 1 aromatic carbocycles. The lowest BCUT2D eigenvalue weighted by Crippen LogP contribution is -2.36. The molecule has 1 unspecified atom stereocenters. The van der Waals surface area contributed by atoms with Crippen LogP contribution < -0.4 is 28.3 Å². The number of benzene rings is 1. The van der Waals surface area contributed by atoms with E-state index in [2.05, 4.69) is 15.3 Å². The molecule has 0 spiro atoms. The summed E-state index contributed by atoms with van der Waals surface area (Å²) in [6.45, 7) is 7.58. The van der Waals surface area contributed by atoms with Crippen LogP contribution in [0.1, 0.15) is 50.7 Å². The highest BCUT2D eigenvalue weighted by Crippen LogP contribution is 2.32. The SMILES string of the molecule is CC(C)c1cccc(C(C)C)c1NC(=O)C(N=C(N)N)OC(=O)CN=C(N)N. The first kappa shape index (κ1) is 22.7. The summed E-state index contributed by atoms with van der Waals surface area (Å²) >= 11 is 0. The van der Waals surface area contributed by atoms with Gasteiger partial charge in [-0.3, -0.25) is 4.79 Å². The van der Waals surface area contributed by atoms with E-state index >= 15 is 0 Å². The molecular formula is C18H29N7O3. The number of para-hydroxylation sites is 1. The fourth-order valence-corrected chi connectivity index (χ4v) is 2.47. The fourth-order valence-electron chi connectivity index (χ4n) is 2.47. The number of guanidine groups is 2. The van der Waals surface area contributed by atoms with Crippen LogP contribution in [-0.4, -0.2) is 36.6 Å². The average Bonchev–Trinajstić information content (AvgIpc) is 2.58. The van der Waals surface area contributed by atoms with Crippen molar-refractivity contribution in [1.29, 1.82) is 0 Å². The Hall–Kier alpha value is -3.30. The molecule has 0 bridgehead atoms. The molecule has 0 aliphatic rings. The van der Waals surface area contributed by atoms with Crippen LogP contribution in [0.2, 0.25) is 0 Å². The predicted octanol–water partition coefficient (Wildman–Crippen LogP) is 0.288. The molecule has 9 N–H and O–H groups in total. The first-order valence-corrected chi connectivity index (χ1v) is 8.80. The summed E-state index contributed by atoms with van der Waals surface area (Å²) in [6, 6.07) is 5.78. The maximum Gasteiger partial charge on any atom is 0.330 e. The lowest BCUT2D eigenvalue weighted by atomic mass is 9.92. The van der Waals surface area contributed by atoms with Crippen molar-refractivity contribution < 1.29 is 14.3 Å². The van der Waals surface area contributed by atoms with Crippen molar-refractivity contribution >= 4 is 29.5 Å². The van der Waals surface area contributed by atoms with E-state index in [0.29, 0.717) is 5.69 Å². The highest BCUT2D eigenvalue weighted by Gasteiger charge is 2.25. The second-order valence-corrected chi connectivity index (χ2v) is 6.75. The molecule has 10 nitrogen and oxygen atoms in total. The van der Waals surface area contributed by atoms with Crippen molar-refractivity contribution in [3.63, 3.8) is 0 Å². The number of aliphatic imine (C=N–C) groups is 2. The molecule has 1 atom stereocenters. The zero-order valence-corrected chi connectivity index (χ0v) is 16.6. The number of anilines is 1. The molecule has 10 heteroatoms. The van der Waals surface area contributed by atoms with Crippen LogP contribution >= 0.6 is 0 Å². The van der Waals surface area contributed by atoms with E-state index < -0.39 is 30.6 Å². The monoisotopic (exact) mass is 391 g/mol. The smallest absolute Gasteiger partial charge is 0.330 e. The van der Waals surface area contributed by atoms with Crippen molar-refractivity contribution in [2.24, 2.45) is 32.9 Å². The molecule has 0 aliphatic heterocycles. The maximum absolute atomic E-state index is 12.8. The molecular weight excluding hydrogens is 362 g/mol. The number of hydrogen-bond donors (Lipinski definition) is 5. The Labute approximate surface area is 164 Å². The summed E-state index contributed by atoms with van der Waals surface area (Å²) in [5.41, 5.74) is 23.6. The summed E-state index contributed by atoms with van der Waals surface area (Å²) < 4.78 is 5.03. The second kappa shape index (κ2) is 10.1. The van der Waals surface area contributed by atoms with E-state index in [-0.39, 0.29) is 17.8 Å². The Morgan fingerprint density at radius 3 is 1.96 bits per heavy atom. The number of carbonyl (C=O) groups is 2. The molecule has 1 rings (SSSR count). The molecule has 0 radical (unpaired) electrons. The third kappa shape index (κ3) is 6.78. The number of hydrogen-bond acceptors (Lipinski definition) is 5. The number of carbonyl (C=O) groups excluding carboxylic acids is 2. The van der Waals surface area contributed by atoms with E-state index in [1.807, 2.05) is 45.9 Å². The van der Waals surface area contributed by atoms with Gasteiger partial charge in [0, 0.05) is 5.69 Å². The minimum atomic E-state index is -1.58. The van der Waals surface area contributed by atoms with Crippen LogP contribution in [0.3, 0.4) is 0 Å². The Balaban J connectivity index is 3.17. The Morgan fingerprint density at radius 1 is 1.00 bits per heavy atom. The largest absolute Gasteiger partial charge is 0.428 e. The van der Waals surface area contributed by atoms with Crippen LogP contribution in [0.5, 0.6) is 0 Å². The standard InChI is InChI=1S/C18H29N7O3/c1-9(2)11-6-5-7-12(10(3)4)14(11)24-15(27)16(25-18(21)22)28-13(26)8-23-17(19)20/h5-7,9-10,16H,8H2,1-4H3,(H,24,27)(H4,19,20,23)(H4,21,22,25). The maximum atomic E-state index is 12.8. The van der Waals surface area contributed by atoms with Crippen molar-refractivity contribution in [2.75, 3.05) is 11.9 Å². The third-order valence-electron chi connectivity index (χ3n) is 3.75. The predicted molar refractivity (Wildman–Crippen MR) is 110 cm³/mol. The molecule has 1 amide bonds. The van der Waals surface area contributed by atoms with Crippen LogP contribution in [-0.2, 0) is 14.3 Å². The Kier molecular flexibility index (Phi) is 8.24. The minimum Gasteiger partial charge on any atom is -0.428 e. The number of ether oxygens (including phenoxy) is 1. The van der Waals surface area contributed by atoms with E-state index in [0.717, 1.165) is 11.1 Å². The fraction of sp³-hybridized carbons (Fsp3) is 0.444. The van der Waals surface area contributed by atoms with Gasteiger partial charge < -0.3 is 33.0 Å². The van der Waals surface area contributed by atoms with Gasteiger partial charge in [-0.05, 0) is 23.0 Å². The molecule has 0 heterocycles. The van der Waals surface area contributed by atoms with Crippen LogP contribution in [0.4, 0.5) is 5.69 Å². The first-order valence-electron chi connectivity index (χ1n) is 8.80. The topological polar surface area (TPSA) is 184 Å². The zero-order valence-electron chi connectivity index (χ0n) is 16.6. The number of nitrogens with zero attached hydrogens (tertiary/aromatic N) is 2. The average molecular weight is 391 g/mol. The Bertz CT molecular complexity index is 738. The van der Waals surface area contributed by atoms with Gasteiger partial charge in [-0.1, -0.05) is 45.9 Å². The highest BCUT2D eigenvalue weighted by molar-refractivity contribution is 5.98. The van der Waals surface area contributed by atoms with E-state index in [4.69, 9.17) is 27.7 Å². The molecule has 0 saturated carbocycles. The van der Waals surface area contributed by atoms with Crippen molar-refractivity contribution in [3.8, 4) is 0 Å².